The largest absolute Gasteiger partial charge is 0.480 e. The van der Waals surface area contributed by atoms with E-state index >= 15 is 0 Å². The number of nitrogens with one attached hydrogen (secondary N) is 1. The lowest BCUT2D eigenvalue weighted by Gasteiger charge is -2.15. The highest BCUT2D eigenvalue weighted by Crippen LogP contribution is 2.05. The molecule has 2 N–H and O–H groups in total. The standard InChI is InChI=1S/C15H18N2O4/c1-11(8-16)7-13(15(19)20)17-14(18)10-21-9-12-5-3-2-4-6-12/h2-6,11,13H,7,9-10H2,1H3,(H,17,18)(H,19,20)/t11-,13-/m0/s1. The van der Waals surface area contributed by atoms with Gasteiger partial charge in [-0.25, -0.2) is 4.79 Å². The van der Waals surface area contributed by atoms with E-state index in [1.807, 2.05) is 36.4 Å². The summed E-state index contributed by atoms with van der Waals surface area (Å²) >= 11 is 0. The number of carbonyl (C=O) groups is 2. The lowest BCUT2D eigenvalue weighted by molar-refractivity contribution is -0.143. The summed E-state index contributed by atoms with van der Waals surface area (Å²) in [6, 6.07) is 10.2. The fourth-order valence-electron chi connectivity index (χ4n) is 1.70. The summed E-state index contributed by atoms with van der Waals surface area (Å²) in [4.78, 5) is 22.7. The Balaban J connectivity index is 2.37. The Hall–Kier alpha value is -2.39. The zero-order valence-electron chi connectivity index (χ0n) is 11.8. The van der Waals surface area contributed by atoms with Gasteiger partial charge in [0.15, 0.2) is 0 Å². The van der Waals surface area contributed by atoms with Gasteiger partial charge in [0.2, 0.25) is 5.91 Å². The molecular weight excluding hydrogens is 272 g/mol. The average molecular weight is 290 g/mol. The molecule has 0 unspecified atom stereocenters. The van der Waals surface area contributed by atoms with Crippen molar-refractivity contribution in [2.75, 3.05) is 6.61 Å². The number of amides is 1. The maximum Gasteiger partial charge on any atom is 0.326 e. The van der Waals surface area contributed by atoms with Crippen LogP contribution in [0.3, 0.4) is 0 Å². The molecule has 1 aromatic carbocycles. The molecule has 0 aliphatic heterocycles. The van der Waals surface area contributed by atoms with Crippen LogP contribution in [0.5, 0.6) is 0 Å². The Morgan fingerprint density at radius 1 is 1.38 bits per heavy atom. The van der Waals surface area contributed by atoms with Crippen molar-refractivity contribution < 1.29 is 19.4 Å². The number of benzene rings is 1. The van der Waals surface area contributed by atoms with Crippen LogP contribution in [-0.4, -0.2) is 29.6 Å². The van der Waals surface area contributed by atoms with E-state index in [1.165, 1.54) is 0 Å². The zero-order chi connectivity index (χ0) is 15.7. The van der Waals surface area contributed by atoms with E-state index in [0.29, 0.717) is 0 Å². The third-order valence-electron chi connectivity index (χ3n) is 2.79. The second-order valence-electron chi connectivity index (χ2n) is 4.70. The van der Waals surface area contributed by atoms with Gasteiger partial charge >= 0.3 is 5.97 Å². The fourth-order valence-corrected chi connectivity index (χ4v) is 1.70. The van der Waals surface area contributed by atoms with Gasteiger partial charge in [0, 0.05) is 5.92 Å². The number of carbonyl (C=O) groups excluding carboxylic acids is 1. The molecule has 0 bridgehead atoms. The number of ether oxygens (including phenoxy) is 1. The molecule has 112 valence electrons. The molecule has 0 saturated heterocycles. The molecule has 1 rings (SSSR count). The summed E-state index contributed by atoms with van der Waals surface area (Å²) in [6.07, 6.45) is 0.0657. The van der Waals surface area contributed by atoms with Crippen LogP contribution >= 0.6 is 0 Å². The molecule has 0 radical (unpaired) electrons. The Morgan fingerprint density at radius 2 is 2.05 bits per heavy atom. The van der Waals surface area contributed by atoms with Gasteiger partial charge < -0.3 is 15.2 Å². The number of carboxylic acid groups (broad SMARTS) is 1. The first-order valence-corrected chi connectivity index (χ1v) is 6.56. The molecule has 0 fully saturated rings. The van der Waals surface area contributed by atoms with Crippen LogP contribution in [0.4, 0.5) is 0 Å². The summed E-state index contributed by atoms with van der Waals surface area (Å²) in [5, 5.41) is 20.0. The first-order chi connectivity index (χ1) is 10.0. The predicted molar refractivity (Wildman–Crippen MR) is 75.1 cm³/mol. The number of rotatable bonds is 8. The molecular formula is C15H18N2O4. The summed E-state index contributed by atoms with van der Waals surface area (Å²) in [6.45, 7) is 1.66. The fraction of sp³-hybridized carbons (Fsp3) is 0.400. The quantitative estimate of drug-likeness (QED) is 0.752. The maximum absolute atomic E-state index is 11.6. The third-order valence-corrected chi connectivity index (χ3v) is 2.79. The van der Waals surface area contributed by atoms with Crippen molar-refractivity contribution in [2.45, 2.75) is 26.0 Å². The number of nitriles is 1. The van der Waals surface area contributed by atoms with Crippen molar-refractivity contribution in [3.63, 3.8) is 0 Å². The highest BCUT2D eigenvalue weighted by molar-refractivity contribution is 5.84. The van der Waals surface area contributed by atoms with Gasteiger partial charge in [0.25, 0.3) is 0 Å². The van der Waals surface area contributed by atoms with E-state index in [1.54, 1.807) is 6.92 Å². The normalized spacial score (nSPS) is 13.0. The van der Waals surface area contributed by atoms with Crippen molar-refractivity contribution in [2.24, 2.45) is 5.92 Å². The third kappa shape index (κ3) is 6.54. The number of hydrogen-bond donors (Lipinski definition) is 2. The van der Waals surface area contributed by atoms with Crippen molar-refractivity contribution in [1.82, 2.24) is 5.32 Å². The van der Waals surface area contributed by atoms with Gasteiger partial charge in [-0.05, 0) is 18.9 Å². The minimum Gasteiger partial charge on any atom is -0.480 e. The van der Waals surface area contributed by atoms with Crippen LogP contribution in [0.25, 0.3) is 0 Å². The molecule has 2 atom stereocenters. The monoisotopic (exact) mass is 290 g/mol. The minimum absolute atomic E-state index is 0.0657. The van der Waals surface area contributed by atoms with E-state index < -0.39 is 23.8 Å². The lowest BCUT2D eigenvalue weighted by atomic mass is 10.0. The molecule has 1 aromatic rings. The molecule has 0 saturated carbocycles. The Labute approximate surface area is 123 Å². The Kier molecular flexibility index (Phi) is 6.92. The highest BCUT2D eigenvalue weighted by Gasteiger charge is 2.22. The van der Waals surface area contributed by atoms with E-state index in [9.17, 15) is 9.59 Å². The van der Waals surface area contributed by atoms with Gasteiger partial charge in [-0.15, -0.1) is 0 Å². The van der Waals surface area contributed by atoms with E-state index in [-0.39, 0.29) is 19.6 Å². The Bertz CT molecular complexity index is 510. The van der Waals surface area contributed by atoms with Crippen molar-refractivity contribution in [3.8, 4) is 6.07 Å². The number of nitrogens with zero attached hydrogens (tertiary/aromatic N) is 1. The van der Waals surface area contributed by atoms with Crippen LogP contribution in [0.15, 0.2) is 30.3 Å². The van der Waals surface area contributed by atoms with Gasteiger partial charge in [0.05, 0.1) is 12.7 Å². The van der Waals surface area contributed by atoms with Gasteiger partial charge in [-0.3, -0.25) is 4.79 Å². The molecule has 0 aliphatic carbocycles. The van der Waals surface area contributed by atoms with Crippen molar-refractivity contribution in [1.29, 1.82) is 5.26 Å². The molecule has 6 nitrogen and oxygen atoms in total. The van der Waals surface area contributed by atoms with E-state index in [0.717, 1.165) is 5.56 Å². The summed E-state index contributed by atoms with van der Waals surface area (Å²) < 4.78 is 5.22. The summed E-state index contributed by atoms with van der Waals surface area (Å²) in [7, 11) is 0. The van der Waals surface area contributed by atoms with E-state index in [4.69, 9.17) is 15.1 Å². The van der Waals surface area contributed by atoms with Crippen LogP contribution in [0.2, 0.25) is 0 Å². The molecule has 0 heterocycles. The highest BCUT2D eigenvalue weighted by atomic mass is 16.5. The first-order valence-electron chi connectivity index (χ1n) is 6.56. The Morgan fingerprint density at radius 3 is 2.62 bits per heavy atom. The molecule has 0 aliphatic rings. The second kappa shape index (κ2) is 8.72. The number of aliphatic carboxylic acids is 1. The molecule has 0 spiro atoms. The van der Waals surface area contributed by atoms with Gasteiger partial charge in [-0.1, -0.05) is 30.3 Å². The van der Waals surface area contributed by atoms with Crippen LogP contribution in [-0.2, 0) is 20.9 Å². The predicted octanol–water partition coefficient (Wildman–Crippen LogP) is 1.32. The molecule has 21 heavy (non-hydrogen) atoms. The second-order valence-corrected chi connectivity index (χ2v) is 4.70. The van der Waals surface area contributed by atoms with Gasteiger partial charge in [0.1, 0.15) is 12.6 Å². The molecule has 0 aromatic heterocycles. The number of hydrogen-bond acceptors (Lipinski definition) is 4. The van der Waals surface area contributed by atoms with Crippen LogP contribution < -0.4 is 5.32 Å². The average Bonchev–Trinajstić information content (AvgIpc) is 2.47. The maximum atomic E-state index is 11.6. The molecule has 1 amide bonds. The zero-order valence-corrected chi connectivity index (χ0v) is 11.8. The van der Waals surface area contributed by atoms with Gasteiger partial charge in [-0.2, -0.15) is 5.26 Å². The summed E-state index contributed by atoms with van der Waals surface area (Å²) in [5.74, 6) is -2.12. The smallest absolute Gasteiger partial charge is 0.326 e. The minimum atomic E-state index is -1.16. The van der Waals surface area contributed by atoms with Crippen molar-refractivity contribution in [3.05, 3.63) is 35.9 Å². The molecule has 6 heteroatoms. The van der Waals surface area contributed by atoms with E-state index in [2.05, 4.69) is 5.32 Å². The van der Waals surface area contributed by atoms with Crippen molar-refractivity contribution >= 4 is 11.9 Å². The summed E-state index contributed by atoms with van der Waals surface area (Å²) in [5.41, 5.74) is 0.929. The lowest BCUT2D eigenvalue weighted by Crippen LogP contribution is -2.43. The first kappa shape index (κ1) is 16.7. The topological polar surface area (TPSA) is 99.4 Å². The van der Waals surface area contributed by atoms with Crippen LogP contribution in [0, 0.1) is 17.2 Å². The SMILES string of the molecule is C[C@H](C#N)C[C@H](NC(=O)COCc1ccccc1)C(=O)O. The number of carboxylic acids is 1. The van der Waals surface area contributed by atoms with Crippen LogP contribution in [0.1, 0.15) is 18.9 Å².